The molecule has 4 rings (SSSR count). The van der Waals surface area contributed by atoms with Gasteiger partial charge in [-0.1, -0.05) is 30.3 Å². The van der Waals surface area contributed by atoms with Crippen LogP contribution in [0.3, 0.4) is 0 Å². The standard InChI is InChI=1S/C28H30N2O7S/c1-19-23-16-25(35-3)26(36-4)17-24(23)30(18-20-8-6-5-7-9-20)38(32,33)27(19)28(31)29-14-15-37-22-12-10-21(34-2)11-13-22/h5-13,16-17H,14-15,18H2,1-4H3,(H,29,31). The minimum absolute atomic E-state index is 0.0380. The fraction of sp³-hybridized carbons (Fsp3) is 0.250. The predicted octanol–water partition coefficient (Wildman–Crippen LogP) is 3.99. The van der Waals surface area contributed by atoms with Crippen molar-refractivity contribution in [1.29, 1.82) is 0 Å². The van der Waals surface area contributed by atoms with Gasteiger partial charge in [-0.05, 0) is 48.4 Å². The first-order chi connectivity index (χ1) is 18.3. The van der Waals surface area contributed by atoms with Gasteiger partial charge in [0.05, 0.1) is 40.1 Å². The molecule has 0 saturated carbocycles. The lowest BCUT2D eigenvalue weighted by Gasteiger charge is -2.33. The van der Waals surface area contributed by atoms with E-state index >= 15 is 0 Å². The summed E-state index contributed by atoms with van der Waals surface area (Å²) in [6.45, 7) is 1.91. The number of carbonyl (C=O) groups is 1. The van der Waals surface area contributed by atoms with E-state index in [1.807, 2.05) is 30.3 Å². The molecule has 0 bridgehead atoms. The van der Waals surface area contributed by atoms with Gasteiger partial charge in [0.2, 0.25) is 0 Å². The Morgan fingerprint density at radius 3 is 2.13 bits per heavy atom. The van der Waals surface area contributed by atoms with Crippen LogP contribution in [-0.4, -0.2) is 48.8 Å². The molecule has 1 aliphatic rings. The van der Waals surface area contributed by atoms with Crippen LogP contribution in [0.25, 0.3) is 5.57 Å². The number of fused-ring (bicyclic) bond motifs is 1. The van der Waals surface area contributed by atoms with E-state index in [9.17, 15) is 13.2 Å². The molecule has 0 aliphatic carbocycles. The second-order valence-electron chi connectivity index (χ2n) is 8.46. The minimum atomic E-state index is -4.22. The van der Waals surface area contributed by atoms with Gasteiger partial charge in [0.1, 0.15) is 18.1 Å². The maximum atomic E-state index is 13.9. The lowest BCUT2D eigenvalue weighted by molar-refractivity contribution is -0.116. The van der Waals surface area contributed by atoms with Gasteiger partial charge in [-0.3, -0.25) is 9.10 Å². The number of nitrogens with one attached hydrogen (secondary N) is 1. The number of ether oxygens (including phenoxy) is 4. The molecule has 10 heteroatoms. The molecular formula is C28H30N2O7S. The number of methoxy groups -OCH3 is 3. The number of sulfonamides is 1. The molecule has 1 heterocycles. The monoisotopic (exact) mass is 538 g/mol. The molecule has 1 N–H and O–H groups in total. The van der Waals surface area contributed by atoms with Crippen molar-refractivity contribution in [3.8, 4) is 23.0 Å². The van der Waals surface area contributed by atoms with Gasteiger partial charge in [-0.15, -0.1) is 0 Å². The molecule has 0 atom stereocenters. The van der Waals surface area contributed by atoms with E-state index in [0.717, 1.165) is 5.56 Å². The van der Waals surface area contributed by atoms with Crippen molar-refractivity contribution in [3.05, 3.63) is 82.8 Å². The molecule has 200 valence electrons. The predicted molar refractivity (Wildman–Crippen MR) is 145 cm³/mol. The van der Waals surface area contributed by atoms with Crippen LogP contribution in [0.2, 0.25) is 0 Å². The second kappa shape index (κ2) is 11.5. The Balaban J connectivity index is 1.63. The molecule has 0 saturated heterocycles. The summed E-state index contributed by atoms with van der Waals surface area (Å²) < 4.78 is 50.7. The van der Waals surface area contributed by atoms with Gasteiger partial charge in [0, 0.05) is 11.6 Å². The number of hydrogen-bond acceptors (Lipinski definition) is 7. The first-order valence-electron chi connectivity index (χ1n) is 11.9. The lowest BCUT2D eigenvalue weighted by Crippen LogP contribution is -2.41. The quantitative estimate of drug-likeness (QED) is 0.390. The largest absolute Gasteiger partial charge is 0.497 e. The van der Waals surface area contributed by atoms with Crippen LogP contribution in [0.15, 0.2) is 71.6 Å². The van der Waals surface area contributed by atoms with Crippen LogP contribution in [-0.2, 0) is 21.4 Å². The Kier molecular flexibility index (Phi) is 8.11. The maximum absolute atomic E-state index is 13.9. The summed E-state index contributed by atoms with van der Waals surface area (Å²) in [7, 11) is 0.346. The fourth-order valence-electron chi connectivity index (χ4n) is 4.22. The van der Waals surface area contributed by atoms with Gasteiger partial charge >= 0.3 is 0 Å². The van der Waals surface area contributed by atoms with E-state index < -0.39 is 15.9 Å². The van der Waals surface area contributed by atoms with Crippen molar-refractivity contribution in [2.45, 2.75) is 13.5 Å². The average molecular weight is 539 g/mol. The number of allylic oxidation sites excluding steroid dienone is 1. The smallest absolute Gasteiger partial charge is 0.270 e. The lowest BCUT2D eigenvalue weighted by atomic mass is 10.0. The van der Waals surface area contributed by atoms with Gasteiger partial charge < -0.3 is 24.3 Å². The highest BCUT2D eigenvalue weighted by atomic mass is 32.2. The highest BCUT2D eigenvalue weighted by Gasteiger charge is 2.40. The van der Waals surface area contributed by atoms with Crippen LogP contribution >= 0.6 is 0 Å². The molecule has 1 aliphatic heterocycles. The van der Waals surface area contributed by atoms with E-state index in [-0.39, 0.29) is 24.6 Å². The third-order valence-electron chi connectivity index (χ3n) is 6.15. The first kappa shape index (κ1) is 26.9. The highest BCUT2D eigenvalue weighted by molar-refractivity contribution is 7.97. The van der Waals surface area contributed by atoms with Crippen molar-refractivity contribution in [1.82, 2.24) is 5.32 Å². The molecular weight excluding hydrogens is 508 g/mol. The van der Waals surface area contributed by atoms with Crippen molar-refractivity contribution in [2.24, 2.45) is 0 Å². The Morgan fingerprint density at radius 1 is 0.868 bits per heavy atom. The normalized spacial score (nSPS) is 13.9. The van der Waals surface area contributed by atoms with E-state index in [2.05, 4.69) is 5.32 Å². The van der Waals surface area contributed by atoms with Crippen LogP contribution in [0, 0.1) is 0 Å². The molecule has 0 unspecified atom stereocenters. The molecule has 3 aromatic rings. The molecule has 1 amide bonds. The topological polar surface area (TPSA) is 103 Å². The van der Waals surface area contributed by atoms with Gasteiger partial charge in [0.25, 0.3) is 15.9 Å². The molecule has 3 aromatic carbocycles. The van der Waals surface area contributed by atoms with Crippen LogP contribution in [0.5, 0.6) is 23.0 Å². The Hall–Kier alpha value is -4.18. The van der Waals surface area contributed by atoms with Crippen LogP contribution in [0.1, 0.15) is 18.1 Å². The zero-order valence-electron chi connectivity index (χ0n) is 21.7. The molecule has 38 heavy (non-hydrogen) atoms. The molecule has 9 nitrogen and oxygen atoms in total. The third kappa shape index (κ3) is 5.40. The number of hydrogen-bond donors (Lipinski definition) is 1. The van der Waals surface area contributed by atoms with E-state index in [4.69, 9.17) is 18.9 Å². The molecule has 0 aromatic heterocycles. The maximum Gasteiger partial charge on any atom is 0.270 e. The number of nitrogens with zero attached hydrogens (tertiary/aromatic N) is 1. The van der Waals surface area contributed by atoms with E-state index in [0.29, 0.717) is 39.8 Å². The van der Waals surface area contributed by atoms with Crippen LogP contribution < -0.4 is 28.6 Å². The van der Waals surface area contributed by atoms with Gasteiger partial charge in [0.15, 0.2) is 16.4 Å². The van der Waals surface area contributed by atoms with Crippen molar-refractivity contribution < 1.29 is 32.2 Å². The zero-order chi connectivity index (χ0) is 27.3. The summed E-state index contributed by atoms with van der Waals surface area (Å²) in [5.74, 6) is 1.40. The highest BCUT2D eigenvalue weighted by Crippen LogP contribution is 2.45. The van der Waals surface area contributed by atoms with Gasteiger partial charge in [-0.25, -0.2) is 8.42 Å². The summed E-state index contributed by atoms with van der Waals surface area (Å²) >= 11 is 0. The summed E-state index contributed by atoms with van der Waals surface area (Å²) in [5, 5.41) is 2.69. The zero-order valence-corrected chi connectivity index (χ0v) is 22.5. The number of benzene rings is 3. The number of anilines is 1. The van der Waals surface area contributed by atoms with Crippen molar-refractivity contribution in [3.63, 3.8) is 0 Å². The average Bonchev–Trinajstić information content (AvgIpc) is 2.93. The van der Waals surface area contributed by atoms with E-state index in [1.165, 1.54) is 18.5 Å². The summed E-state index contributed by atoms with van der Waals surface area (Å²) in [6, 6.07) is 19.5. The van der Waals surface area contributed by atoms with Crippen LogP contribution in [0.4, 0.5) is 5.69 Å². The SMILES string of the molecule is COc1ccc(OCCNC(=O)C2=C(C)c3cc(OC)c(OC)cc3N(Cc3ccccc3)S2(=O)=O)cc1. The minimum Gasteiger partial charge on any atom is -0.497 e. The summed E-state index contributed by atoms with van der Waals surface area (Å²) in [5.41, 5.74) is 2.05. The first-order valence-corrected chi connectivity index (χ1v) is 13.3. The molecule has 0 radical (unpaired) electrons. The Morgan fingerprint density at radius 2 is 1.50 bits per heavy atom. The summed E-state index contributed by atoms with van der Waals surface area (Å²) in [4.78, 5) is 13.0. The Bertz CT molecular complexity index is 1440. The number of amides is 1. The Labute approximate surface area is 222 Å². The van der Waals surface area contributed by atoms with Crippen molar-refractivity contribution >= 4 is 27.2 Å². The molecule has 0 spiro atoms. The van der Waals surface area contributed by atoms with E-state index in [1.54, 1.807) is 50.4 Å². The van der Waals surface area contributed by atoms with Gasteiger partial charge in [-0.2, -0.15) is 0 Å². The third-order valence-corrected chi connectivity index (χ3v) is 8.07. The summed E-state index contributed by atoms with van der Waals surface area (Å²) in [6.07, 6.45) is 0. The second-order valence-corrected chi connectivity index (χ2v) is 10.3. The number of carbonyl (C=O) groups excluding carboxylic acids is 1. The molecule has 0 fully saturated rings. The number of rotatable bonds is 10. The fourth-order valence-corrected chi connectivity index (χ4v) is 5.98. The van der Waals surface area contributed by atoms with Crippen molar-refractivity contribution in [2.75, 3.05) is 38.8 Å².